The summed E-state index contributed by atoms with van der Waals surface area (Å²) >= 11 is 0. The maximum atomic E-state index is 5.91. The summed E-state index contributed by atoms with van der Waals surface area (Å²) in [6.07, 6.45) is 8.43. The quantitative estimate of drug-likeness (QED) is 0.813. The lowest BCUT2D eigenvalue weighted by Gasteiger charge is -2.48. The number of piperidine rings is 1. The topological polar surface area (TPSA) is 73.5 Å². The van der Waals surface area contributed by atoms with E-state index in [0.717, 1.165) is 50.7 Å². The Morgan fingerprint density at radius 1 is 1.27 bits per heavy atom. The number of aromatic nitrogens is 3. The van der Waals surface area contributed by atoms with Crippen LogP contribution in [-0.2, 0) is 11.3 Å². The number of hydrogen-bond donors (Lipinski definition) is 0. The second-order valence-corrected chi connectivity index (χ2v) is 7.44. The van der Waals surface area contributed by atoms with Crippen LogP contribution in [0.15, 0.2) is 29.2 Å². The van der Waals surface area contributed by atoms with Crippen LogP contribution in [0.1, 0.15) is 30.7 Å². The summed E-state index contributed by atoms with van der Waals surface area (Å²) in [5, 5.41) is 4.12. The summed E-state index contributed by atoms with van der Waals surface area (Å²) in [6, 6.07) is 2.02. The van der Waals surface area contributed by atoms with Crippen molar-refractivity contribution in [1.82, 2.24) is 20.0 Å². The number of aryl methyl sites for hydroxylation is 1. The molecule has 140 valence electrons. The van der Waals surface area contributed by atoms with E-state index < -0.39 is 0 Å². The molecule has 0 N–H and O–H groups in total. The summed E-state index contributed by atoms with van der Waals surface area (Å²) in [5.74, 6) is 1.86. The van der Waals surface area contributed by atoms with E-state index >= 15 is 0 Å². The fourth-order valence-electron chi connectivity index (χ4n) is 4.19. The highest BCUT2D eigenvalue weighted by molar-refractivity contribution is 5.05. The molecule has 2 aliphatic rings. The third-order valence-electron chi connectivity index (χ3n) is 5.82. The van der Waals surface area contributed by atoms with Crippen LogP contribution in [0, 0.1) is 18.3 Å². The largest absolute Gasteiger partial charge is 0.476 e. The van der Waals surface area contributed by atoms with E-state index in [1.807, 2.05) is 13.0 Å². The van der Waals surface area contributed by atoms with Gasteiger partial charge in [0.15, 0.2) is 0 Å². The second kappa shape index (κ2) is 7.72. The lowest BCUT2D eigenvalue weighted by molar-refractivity contribution is -0.0869. The third kappa shape index (κ3) is 3.88. The molecule has 2 aromatic heterocycles. The molecule has 2 aliphatic heterocycles. The normalized spacial score (nSPS) is 23.2. The van der Waals surface area contributed by atoms with Gasteiger partial charge < -0.3 is 14.0 Å². The molecule has 4 heterocycles. The molecule has 7 heteroatoms. The van der Waals surface area contributed by atoms with E-state index in [1.54, 1.807) is 18.6 Å². The van der Waals surface area contributed by atoms with E-state index in [1.165, 1.54) is 12.8 Å². The van der Waals surface area contributed by atoms with E-state index in [-0.39, 0.29) is 0 Å². The van der Waals surface area contributed by atoms with Gasteiger partial charge in [-0.25, -0.2) is 4.98 Å². The lowest BCUT2D eigenvalue weighted by atomic mass is 9.66. The first kappa shape index (κ1) is 17.4. The lowest BCUT2D eigenvalue weighted by Crippen LogP contribution is -2.49. The Labute approximate surface area is 153 Å². The van der Waals surface area contributed by atoms with Crippen LogP contribution in [0.2, 0.25) is 0 Å². The third-order valence-corrected chi connectivity index (χ3v) is 5.82. The van der Waals surface area contributed by atoms with Gasteiger partial charge in [0, 0.05) is 37.5 Å². The zero-order valence-corrected chi connectivity index (χ0v) is 15.3. The van der Waals surface area contributed by atoms with Gasteiger partial charge in [0.25, 0.3) is 0 Å². The molecule has 1 spiro atoms. The minimum atomic E-state index is 0.302. The number of ether oxygens (including phenoxy) is 2. The van der Waals surface area contributed by atoms with Crippen molar-refractivity contribution in [2.24, 2.45) is 11.3 Å². The van der Waals surface area contributed by atoms with Crippen LogP contribution in [0.4, 0.5) is 0 Å². The minimum absolute atomic E-state index is 0.302. The van der Waals surface area contributed by atoms with Crippen LogP contribution in [0.5, 0.6) is 5.88 Å². The SMILES string of the molecule is Cc1cc(CN2CCC3(CCOCC3COc3cnccn3)CC2)no1. The molecule has 2 fully saturated rings. The van der Waals surface area contributed by atoms with Crippen molar-refractivity contribution < 1.29 is 14.0 Å². The Hall–Kier alpha value is -1.99. The maximum Gasteiger partial charge on any atom is 0.232 e. The monoisotopic (exact) mass is 358 g/mol. The van der Waals surface area contributed by atoms with Gasteiger partial charge in [0.1, 0.15) is 5.76 Å². The Morgan fingerprint density at radius 2 is 2.15 bits per heavy atom. The van der Waals surface area contributed by atoms with Crippen molar-refractivity contribution in [2.45, 2.75) is 32.7 Å². The Balaban J connectivity index is 1.35. The van der Waals surface area contributed by atoms with Crippen molar-refractivity contribution >= 4 is 0 Å². The summed E-state index contributed by atoms with van der Waals surface area (Å²) in [7, 11) is 0. The zero-order chi connectivity index (χ0) is 17.8. The van der Waals surface area contributed by atoms with Gasteiger partial charge in [-0.15, -0.1) is 0 Å². The molecule has 4 rings (SSSR count). The van der Waals surface area contributed by atoms with Crippen molar-refractivity contribution in [3.8, 4) is 5.88 Å². The first-order valence-electron chi connectivity index (χ1n) is 9.35. The van der Waals surface area contributed by atoms with Crippen molar-refractivity contribution in [3.63, 3.8) is 0 Å². The van der Waals surface area contributed by atoms with Crippen LogP contribution >= 0.6 is 0 Å². The van der Waals surface area contributed by atoms with Gasteiger partial charge in [-0.1, -0.05) is 5.16 Å². The summed E-state index contributed by atoms with van der Waals surface area (Å²) < 4.78 is 16.9. The molecule has 26 heavy (non-hydrogen) atoms. The number of nitrogens with zero attached hydrogens (tertiary/aromatic N) is 4. The van der Waals surface area contributed by atoms with E-state index in [4.69, 9.17) is 14.0 Å². The molecule has 0 saturated carbocycles. The van der Waals surface area contributed by atoms with Gasteiger partial charge in [-0.3, -0.25) is 9.88 Å². The Morgan fingerprint density at radius 3 is 2.88 bits per heavy atom. The number of rotatable bonds is 5. The molecule has 2 aromatic rings. The fourth-order valence-corrected chi connectivity index (χ4v) is 4.19. The molecule has 0 radical (unpaired) electrons. The highest BCUT2D eigenvalue weighted by Gasteiger charge is 2.43. The van der Waals surface area contributed by atoms with Crippen molar-refractivity contribution in [3.05, 3.63) is 36.1 Å². The Kier molecular flexibility index (Phi) is 5.17. The molecule has 1 atom stereocenters. The summed E-state index contributed by atoms with van der Waals surface area (Å²) in [5.41, 5.74) is 1.32. The number of hydrogen-bond acceptors (Lipinski definition) is 7. The van der Waals surface area contributed by atoms with Gasteiger partial charge in [0.05, 0.1) is 25.1 Å². The van der Waals surface area contributed by atoms with Crippen LogP contribution in [-0.4, -0.2) is 52.9 Å². The average molecular weight is 358 g/mol. The average Bonchev–Trinajstić information content (AvgIpc) is 3.09. The predicted molar refractivity (Wildman–Crippen MR) is 94.6 cm³/mol. The molecule has 0 amide bonds. The molecule has 0 bridgehead atoms. The van der Waals surface area contributed by atoms with Gasteiger partial charge >= 0.3 is 0 Å². The fraction of sp³-hybridized carbons (Fsp3) is 0.632. The van der Waals surface area contributed by atoms with E-state index in [9.17, 15) is 0 Å². The summed E-state index contributed by atoms with van der Waals surface area (Å²) in [6.45, 7) is 7.21. The predicted octanol–water partition coefficient (Wildman–Crippen LogP) is 2.47. The van der Waals surface area contributed by atoms with Crippen LogP contribution in [0.3, 0.4) is 0 Å². The zero-order valence-electron chi connectivity index (χ0n) is 15.3. The van der Waals surface area contributed by atoms with Crippen LogP contribution in [0.25, 0.3) is 0 Å². The molecular formula is C19H26N4O3. The van der Waals surface area contributed by atoms with Gasteiger partial charge in [0.2, 0.25) is 5.88 Å². The van der Waals surface area contributed by atoms with Gasteiger partial charge in [-0.2, -0.15) is 0 Å². The van der Waals surface area contributed by atoms with Gasteiger partial charge in [-0.05, 0) is 44.7 Å². The Bertz CT molecular complexity index is 698. The molecule has 0 aliphatic carbocycles. The van der Waals surface area contributed by atoms with E-state index in [0.29, 0.717) is 23.8 Å². The second-order valence-electron chi connectivity index (χ2n) is 7.44. The minimum Gasteiger partial charge on any atom is -0.476 e. The van der Waals surface area contributed by atoms with E-state index in [2.05, 4.69) is 20.0 Å². The molecule has 1 unspecified atom stereocenters. The van der Waals surface area contributed by atoms with Crippen molar-refractivity contribution in [1.29, 1.82) is 0 Å². The van der Waals surface area contributed by atoms with Crippen molar-refractivity contribution in [2.75, 3.05) is 32.9 Å². The highest BCUT2D eigenvalue weighted by Crippen LogP contribution is 2.45. The van der Waals surface area contributed by atoms with Crippen LogP contribution < -0.4 is 4.74 Å². The molecule has 0 aromatic carbocycles. The smallest absolute Gasteiger partial charge is 0.232 e. The highest BCUT2D eigenvalue weighted by atomic mass is 16.5. The molecule has 7 nitrogen and oxygen atoms in total. The standard InChI is InChI=1S/C19H26N4O3/c1-15-10-17(22-26-15)12-23-7-2-19(3-8-23)4-9-24-13-16(19)14-25-18-11-20-5-6-21-18/h5-6,10-11,16H,2-4,7-9,12-14H2,1H3. The molecular weight excluding hydrogens is 332 g/mol. The summed E-state index contributed by atoms with van der Waals surface area (Å²) in [4.78, 5) is 10.7. The first-order chi connectivity index (χ1) is 12.7. The number of likely N-dealkylation sites (tertiary alicyclic amines) is 1. The first-order valence-corrected chi connectivity index (χ1v) is 9.35. The molecule has 2 saturated heterocycles. The maximum absolute atomic E-state index is 5.91.